The first kappa shape index (κ1) is 10.3. The quantitative estimate of drug-likeness (QED) is 0.646. The molecule has 1 aliphatic heterocycles. The van der Waals surface area contributed by atoms with Crippen LogP contribution in [0.5, 0.6) is 0 Å². The molecule has 0 saturated carbocycles. The van der Waals surface area contributed by atoms with Crippen LogP contribution in [0.1, 0.15) is 10.4 Å². The van der Waals surface area contributed by atoms with Crippen molar-refractivity contribution < 1.29 is 13.2 Å². The minimum Gasteiger partial charge on any atom is -0.290 e. The number of carbonyl (C=O) groups is 1. The van der Waals surface area contributed by atoms with Crippen molar-refractivity contribution in [1.82, 2.24) is 0 Å². The largest absolute Gasteiger partial charge is 0.309 e. The van der Waals surface area contributed by atoms with Gasteiger partial charge in [0.15, 0.2) is 0 Å². The van der Waals surface area contributed by atoms with Crippen LogP contribution in [-0.2, 0) is 9.84 Å². The van der Waals surface area contributed by atoms with Crippen LogP contribution >= 0.6 is 0 Å². The SMILES string of the molecule is N#CC1(C#N)C(=O)c2ccccc2S1(=O)=O. The van der Waals surface area contributed by atoms with Crippen LogP contribution in [0.25, 0.3) is 0 Å². The van der Waals surface area contributed by atoms with E-state index in [4.69, 9.17) is 10.5 Å². The van der Waals surface area contributed by atoms with E-state index in [1.165, 1.54) is 36.4 Å². The number of Topliss-reactive ketones (excluding diaryl/α,β-unsaturated/α-hetero) is 1. The second-order valence-corrected chi connectivity index (χ2v) is 5.29. The van der Waals surface area contributed by atoms with E-state index in [0.29, 0.717) is 0 Å². The van der Waals surface area contributed by atoms with Crippen molar-refractivity contribution >= 4 is 15.6 Å². The fraction of sp³-hybridized carbons (Fsp3) is 0.100. The molecule has 0 amide bonds. The topological polar surface area (TPSA) is 98.8 Å². The number of ketones is 1. The number of hydrogen-bond acceptors (Lipinski definition) is 5. The lowest BCUT2D eigenvalue weighted by molar-refractivity contribution is 0.0984. The third kappa shape index (κ3) is 0.873. The molecule has 0 fully saturated rings. The van der Waals surface area contributed by atoms with Gasteiger partial charge in [-0.05, 0) is 12.1 Å². The van der Waals surface area contributed by atoms with Crippen molar-refractivity contribution in [2.24, 2.45) is 0 Å². The average molecular weight is 232 g/mol. The summed E-state index contributed by atoms with van der Waals surface area (Å²) in [7, 11) is -4.23. The molecular formula is C10H4N2O3S. The number of sulfone groups is 1. The lowest BCUT2D eigenvalue weighted by Gasteiger charge is -2.06. The molecule has 78 valence electrons. The Hall–Kier alpha value is -2.18. The van der Waals surface area contributed by atoms with Gasteiger partial charge in [0, 0.05) is 5.56 Å². The summed E-state index contributed by atoms with van der Waals surface area (Å²) < 4.78 is 21.2. The number of rotatable bonds is 0. The molecule has 0 aliphatic carbocycles. The van der Waals surface area contributed by atoms with Gasteiger partial charge in [-0.2, -0.15) is 10.5 Å². The Balaban J connectivity index is 2.95. The Morgan fingerprint density at radius 3 is 2.19 bits per heavy atom. The monoisotopic (exact) mass is 232 g/mol. The smallest absolute Gasteiger partial charge is 0.290 e. The van der Waals surface area contributed by atoms with Gasteiger partial charge in [0.25, 0.3) is 0 Å². The van der Waals surface area contributed by atoms with Crippen molar-refractivity contribution in [3.63, 3.8) is 0 Å². The lowest BCUT2D eigenvalue weighted by Crippen LogP contribution is -2.38. The molecule has 0 aromatic heterocycles. The predicted octanol–water partition coefficient (Wildman–Crippen LogP) is 0.443. The lowest BCUT2D eigenvalue weighted by atomic mass is 10.0. The molecule has 0 N–H and O–H groups in total. The van der Waals surface area contributed by atoms with E-state index < -0.39 is 20.4 Å². The van der Waals surface area contributed by atoms with Crippen molar-refractivity contribution in [1.29, 1.82) is 10.5 Å². The summed E-state index contributed by atoms with van der Waals surface area (Å²) >= 11 is 0. The average Bonchev–Trinajstić information content (AvgIpc) is 2.46. The van der Waals surface area contributed by atoms with Gasteiger partial charge in [-0.1, -0.05) is 12.1 Å². The van der Waals surface area contributed by atoms with Crippen molar-refractivity contribution in [2.45, 2.75) is 9.64 Å². The van der Waals surface area contributed by atoms with Gasteiger partial charge >= 0.3 is 4.75 Å². The molecule has 0 saturated heterocycles. The van der Waals surface area contributed by atoms with Gasteiger partial charge in [-0.25, -0.2) is 8.42 Å². The highest BCUT2D eigenvalue weighted by Gasteiger charge is 2.60. The molecule has 0 atom stereocenters. The Bertz CT molecular complexity index is 663. The zero-order valence-corrected chi connectivity index (χ0v) is 8.65. The van der Waals surface area contributed by atoms with Crippen molar-refractivity contribution in [2.75, 3.05) is 0 Å². The summed E-state index contributed by atoms with van der Waals surface area (Å²) in [5.41, 5.74) is -0.0920. The fourth-order valence-corrected chi connectivity index (χ4v) is 3.24. The molecule has 0 spiro atoms. The third-order valence-corrected chi connectivity index (χ3v) is 4.57. The second-order valence-electron chi connectivity index (χ2n) is 3.23. The molecule has 1 aromatic rings. The molecule has 16 heavy (non-hydrogen) atoms. The summed E-state index contributed by atoms with van der Waals surface area (Å²) in [5, 5.41) is 17.6. The van der Waals surface area contributed by atoms with Crippen LogP contribution in [-0.4, -0.2) is 18.9 Å². The molecular weight excluding hydrogens is 228 g/mol. The first-order valence-electron chi connectivity index (χ1n) is 4.22. The number of nitrogens with zero attached hydrogens (tertiary/aromatic N) is 2. The second kappa shape index (κ2) is 2.91. The molecule has 1 heterocycles. The maximum atomic E-state index is 11.9. The van der Waals surface area contributed by atoms with Crippen LogP contribution in [0.15, 0.2) is 29.2 Å². The zero-order valence-electron chi connectivity index (χ0n) is 7.84. The van der Waals surface area contributed by atoms with E-state index in [2.05, 4.69) is 0 Å². The maximum absolute atomic E-state index is 11.9. The third-order valence-electron chi connectivity index (χ3n) is 2.46. The van der Waals surface area contributed by atoms with Gasteiger partial charge in [0.2, 0.25) is 15.6 Å². The summed E-state index contributed by atoms with van der Waals surface area (Å²) in [5.74, 6) is -0.965. The van der Waals surface area contributed by atoms with Crippen LogP contribution in [0.2, 0.25) is 0 Å². The fourth-order valence-electron chi connectivity index (χ4n) is 1.61. The highest BCUT2D eigenvalue weighted by Crippen LogP contribution is 2.38. The number of carbonyl (C=O) groups excluding carboxylic acids is 1. The van der Waals surface area contributed by atoms with Gasteiger partial charge < -0.3 is 0 Å². The van der Waals surface area contributed by atoms with E-state index >= 15 is 0 Å². The van der Waals surface area contributed by atoms with Gasteiger partial charge in [-0.15, -0.1) is 0 Å². The molecule has 0 bridgehead atoms. The highest BCUT2D eigenvalue weighted by molar-refractivity contribution is 7.95. The Kier molecular flexibility index (Phi) is 1.88. The summed E-state index contributed by atoms with van der Waals surface area (Å²) in [6, 6.07) is 8.07. The maximum Gasteiger partial charge on any atom is 0.309 e. The first-order valence-corrected chi connectivity index (χ1v) is 5.70. The van der Waals surface area contributed by atoms with E-state index in [9.17, 15) is 13.2 Å². The standard InChI is InChI=1S/C10H4N2O3S/c11-5-10(6-12)9(13)7-3-1-2-4-8(7)16(10,14)15/h1-4H. The van der Waals surface area contributed by atoms with E-state index in [-0.39, 0.29) is 10.5 Å². The van der Waals surface area contributed by atoms with Gasteiger partial charge in [0.1, 0.15) is 12.1 Å². The van der Waals surface area contributed by atoms with Crippen molar-refractivity contribution in [3.05, 3.63) is 29.8 Å². The van der Waals surface area contributed by atoms with Crippen LogP contribution in [0.4, 0.5) is 0 Å². The van der Waals surface area contributed by atoms with E-state index in [1.54, 1.807) is 0 Å². The molecule has 6 heteroatoms. The minimum absolute atomic E-state index is 0.0920. The molecule has 5 nitrogen and oxygen atoms in total. The first-order chi connectivity index (χ1) is 7.51. The van der Waals surface area contributed by atoms with Crippen LogP contribution in [0.3, 0.4) is 0 Å². The molecule has 0 radical (unpaired) electrons. The van der Waals surface area contributed by atoms with Crippen molar-refractivity contribution in [3.8, 4) is 12.1 Å². The Morgan fingerprint density at radius 2 is 1.69 bits per heavy atom. The normalized spacial score (nSPS) is 19.5. The predicted molar refractivity (Wildman–Crippen MR) is 51.9 cm³/mol. The van der Waals surface area contributed by atoms with Gasteiger partial charge in [-0.3, -0.25) is 4.79 Å². The summed E-state index contributed by atoms with van der Waals surface area (Å²) in [6.07, 6.45) is 0. The highest BCUT2D eigenvalue weighted by atomic mass is 32.2. The molecule has 2 rings (SSSR count). The van der Waals surface area contributed by atoms with Crippen LogP contribution < -0.4 is 0 Å². The Labute approximate surface area is 91.5 Å². The zero-order chi connectivity index (χ0) is 12.0. The number of nitriles is 2. The van der Waals surface area contributed by atoms with Crippen LogP contribution in [0, 0.1) is 22.7 Å². The van der Waals surface area contributed by atoms with E-state index in [0.717, 1.165) is 0 Å². The molecule has 0 unspecified atom stereocenters. The number of hydrogen-bond donors (Lipinski definition) is 0. The molecule has 1 aliphatic rings. The number of fused-ring (bicyclic) bond motifs is 1. The minimum atomic E-state index is -4.23. The van der Waals surface area contributed by atoms with E-state index in [1.807, 2.05) is 0 Å². The van der Waals surface area contributed by atoms with Gasteiger partial charge in [0.05, 0.1) is 4.90 Å². The summed E-state index contributed by atoms with van der Waals surface area (Å²) in [4.78, 5) is 11.5. The Morgan fingerprint density at radius 1 is 1.12 bits per heavy atom. The molecule has 1 aromatic carbocycles. The number of benzene rings is 1. The summed E-state index contributed by atoms with van der Waals surface area (Å²) in [6.45, 7) is 0.